The molecule has 1 N–H and O–H groups in total. The van der Waals surface area contributed by atoms with Crippen LogP contribution in [0.3, 0.4) is 0 Å². The fourth-order valence-electron chi connectivity index (χ4n) is 2.06. The molecule has 27 heavy (non-hydrogen) atoms. The number of carbonyl (C=O) groups excluding carboxylic acids is 1. The number of sulfonamides is 1. The van der Waals surface area contributed by atoms with Gasteiger partial charge in [0.1, 0.15) is 5.82 Å². The summed E-state index contributed by atoms with van der Waals surface area (Å²) in [5, 5.41) is 4.39. The lowest BCUT2D eigenvalue weighted by molar-refractivity contribution is -0.111. The molecule has 3 rings (SSSR count). The minimum absolute atomic E-state index is 0.00227. The van der Waals surface area contributed by atoms with Crippen molar-refractivity contribution >= 4 is 44.2 Å². The van der Waals surface area contributed by atoms with Crippen molar-refractivity contribution in [3.05, 3.63) is 82.3 Å². The van der Waals surface area contributed by atoms with Crippen molar-refractivity contribution in [3.8, 4) is 0 Å². The van der Waals surface area contributed by atoms with Crippen LogP contribution >= 0.6 is 11.3 Å². The van der Waals surface area contributed by atoms with Crippen LogP contribution in [0.5, 0.6) is 0 Å². The number of halogens is 1. The van der Waals surface area contributed by atoms with Gasteiger partial charge in [0.2, 0.25) is 15.9 Å². The van der Waals surface area contributed by atoms with Crippen LogP contribution in [0.25, 0.3) is 10.8 Å². The number of nitrogens with one attached hydrogen (secondary N) is 1. The number of hydrogen-bond donors (Lipinski definition) is 1. The Kier molecular flexibility index (Phi) is 5.63. The summed E-state index contributed by atoms with van der Waals surface area (Å²) in [6, 6.07) is 11.3. The quantitative estimate of drug-likeness (QED) is 0.622. The van der Waals surface area contributed by atoms with E-state index in [1.54, 1.807) is 23.6 Å². The number of carbonyl (C=O) groups is 1. The average Bonchev–Trinajstić information content (AvgIpc) is 3.14. The van der Waals surface area contributed by atoms with E-state index in [1.807, 2.05) is 0 Å². The Bertz CT molecular complexity index is 1050. The molecular weight excluding hydrogens is 389 g/mol. The lowest BCUT2D eigenvalue weighted by Crippen LogP contribution is -2.08. The Morgan fingerprint density at radius 3 is 2.44 bits per heavy atom. The molecule has 3 aromatic rings. The summed E-state index contributed by atoms with van der Waals surface area (Å²) in [7, 11) is -3.86. The summed E-state index contributed by atoms with van der Waals surface area (Å²) >= 11 is 1.12. The first-order valence-corrected chi connectivity index (χ1v) is 9.96. The highest BCUT2D eigenvalue weighted by atomic mass is 32.2. The number of amides is 1. The fourth-order valence-corrected chi connectivity index (χ4v) is 3.73. The van der Waals surface area contributed by atoms with Gasteiger partial charge in [0, 0.05) is 16.9 Å². The molecule has 9 heteroatoms. The van der Waals surface area contributed by atoms with Crippen molar-refractivity contribution in [1.82, 2.24) is 4.98 Å². The zero-order valence-electron chi connectivity index (χ0n) is 13.7. The Morgan fingerprint density at radius 1 is 1.11 bits per heavy atom. The molecule has 0 aliphatic rings. The van der Waals surface area contributed by atoms with Crippen LogP contribution in [0.1, 0.15) is 5.56 Å². The Labute approximate surface area is 159 Å². The van der Waals surface area contributed by atoms with E-state index >= 15 is 0 Å². The predicted molar refractivity (Wildman–Crippen MR) is 103 cm³/mol. The summed E-state index contributed by atoms with van der Waals surface area (Å²) in [5.41, 5.74) is 1.11. The molecule has 0 bridgehead atoms. The lowest BCUT2D eigenvalue weighted by Gasteiger charge is -2.12. The molecule has 1 amide bonds. The third-order valence-electron chi connectivity index (χ3n) is 3.33. The maximum absolute atomic E-state index is 12.8. The van der Waals surface area contributed by atoms with Crippen LogP contribution in [0.2, 0.25) is 0 Å². The molecule has 0 aliphatic heterocycles. The predicted octanol–water partition coefficient (Wildman–Crippen LogP) is 4.33. The van der Waals surface area contributed by atoms with Crippen LogP contribution in [-0.4, -0.2) is 19.3 Å². The molecule has 0 unspecified atom stereocenters. The van der Waals surface area contributed by atoms with Gasteiger partial charge in [0.25, 0.3) is 0 Å². The highest BCUT2D eigenvalue weighted by molar-refractivity contribution is 7.94. The van der Waals surface area contributed by atoms with E-state index in [2.05, 4.69) is 15.0 Å². The van der Waals surface area contributed by atoms with E-state index in [-0.39, 0.29) is 15.8 Å². The summed E-state index contributed by atoms with van der Waals surface area (Å²) in [5.74, 6) is -0.754. The zero-order valence-corrected chi connectivity index (χ0v) is 15.4. The molecule has 2 aromatic carbocycles. The van der Waals surface area contributed by atoms with E-state index < -0.39 is 15.9 Å². The molecule has 0 atom stereocenters. The molecule has 0 fully saturated rings. The van der Waals surface area contributed by atoms with E-state index in [9.17, 15) is 17.6 Å². The van der Waals surface area contributed by atoms with E-state index in [1.165, 1.54) is 48.7 Å². The van der Waals surface area contributed by atoms with Crippen LogP contribution in [0.4, 0.5) is 15.2 Å². The zero-order chi connectivity index (χ0) is 19.3. The highest BCUT2D eigenvalue weighted by Crippen LogP contribution is 2.29. The summed E-state index contributed by atoms with van der Waals surface area (Å²) < 4.78 is 40.9. The summed E-state index contributed by atoms with van der Waals surface area (Å²) in [6.45, 7) is 0. The SMILES string of the molecule is O=C(C=Cc1ccc(F)cc1)Nc1ccc(S(=O)(=O)[N-]c2nccs2)cc1. The van der Waals surface area contributed by atoms with Crippen LogP contribution in [0.15, 0.2) is 71.1 Å². The van der Waals surface area contributed by atoms with Gasteiger partial charge in [-0.2, -0.15) is 11.3 Å². The van der Waals surface area contributed by atoms with Gasteiger partial charge in [0.15, 0.2) is 0 Å². The highest BCUT2D eigenvalue weighted by Gasteiger charge is 2.10. The van der Waals surface area contributed by atoms with Crippen molar-refractivity contribution < 1.29 is 17.6 Å². The minimum atomic E-state index is -3.86. The normalized spacial score (nSPS) is 11.4. The first-order valence-electron chi connectivity index (χ1n) is 7.65. The van der Waals surface area contributed by atoms with E-state index in [0.29, 0.717) is 11.3 Å². The monoisotopic (exact) mass is 402 g/mol. The number of anilines is 1. The maximum Gasteiger partial charge on any atom is 0.248 e. The standard InChI is InChI=1S/C18H14FN3O3S2/c19-14-4-1-13(2-5-14)3-10-17(23)21-15-6-8-16(9-7-15)27(24,25)22-18-20-11-12-26-18/h1-12H,(H2,20,21,22,23)/p-1. The minimum Gasteiger partial charge on any atom is -0.433 e. The topological polar surface area (TPSA) is 90.2 Å². The molecule has 0 saturated carbocycles. The first-order chi connectivity index (χ1) is 12.9. The van der Waals surface area contributed by atoms with E-state index in [4.69, 9.17) is 0 Å². The number of hydrogen-bond acceptors (Lipinski definition) is 5. The second-order valence-electron chi connectivity index (χ2n) is 5.28. The Hall–Kier alpha value is -3.04. The largest absolute Gasteiger partial charge is 0.433 e. The van der Waals surface area contributed by atoms with Crippen LogP contribution < -0.4 is 5.32 Å². The number of aromatic nitrogens is 1. The maximum atomic E-state index is 12.8. The Morgan fingerprint density at radius 2 is 1.81 bits per heavy atom. The van der Waals surface area contributed by atoms with E-state index in [0.717, 1.165) is 11.3 Å². The van der Waals surface area contributed by atoms with Crippen molar-refractivity contribution in [2.24, 2.45) is 0 Å². The second-order valence-corrected chi connectivity index (χ2v) is 7.76. The number of rotatable bonds is 6. The lowest BCUT2D eigenvalue weighted by atomic mass is 10.2. The van der Waals surface area contributed by atoms with Crippen molar-refractivity contribution in [1.29, 1.82) is 0 Å². The fraction of sp³-hybridized carbons (Fsp3) is 0. The molecule has 6 nitrogen and oxygen atoms in total. The van der Waals surface area contributed by atoms with Crippen molar-refractivity contribution in [2.75, 3.05) is 5.32 Å². The van der Waals surface area contributed by atoms with Gasteiger partial charge in [-0.25, -0.2) is 12.8 Å². The average molecular weight is 402 g/mol. The smallest absolute Gasteiger partial charge is 0.248 e. The Balaban J connectivity index is 1.63. The molecule has 1 aromatic heterocycles. The summed E-state index contributed by atoms with van der Waals surface area (Å²) in [4.78, 5) is 15.7. The van der Waals surface area contributed by atoms with Crippen LogP contribution in [-0.2, 0) is 14.8 Å². The third kappa shape index (κ3) is 5.22. The third-order valence-corrected chi connectivity index (χ3v) is 5.40. The van der Waals surface area contributed by atoms with Crippen molar-refractivity contribution in [3.63, 3.8) is 0 Å². The number of benzene rings is 2. The molecule has 0 spiro atoms. The second kappa shape index (κ2) is 8.11. The molecule has 0 saturated heterocycles. The van der Waals surface area contributed by atoms with Crippen LogP contribution in [0, 0.1) is 5.82 Å². The van der Waals surface area contributed by atoms with Gasteiger partial charge in [-0.05, 0) is 53.4 Å². The van der Waals surface area contributed by atoms with Gasteiger partial charge in [0.05, 0.1) is 4.90 Å². The molecule has 0 radical (unpaired) electrons. The van der Waals surface area contributed by atoms with Crippen molar-refractivity contribution in [2.45, 2.75) is 4.90 Å². The first kappa shape index (κ1) is 18.7. The van der Waals surface area contributed by atoms with Gasteiger partial charge >= 0.3 is 0 Å². The molecule has 0 aliphatic carbocycles. The molecule has 1 heterocycles. The van der Waals surface area contributed by atoms with Gasteiger partial charge in [-0.3, -0.25) is 4.79 Å². The number of nitrogens with zero attached hydrogens (tertiary/aromatic N) is 2. The summed E-state index contributed by atoms with van der Waals surface area (Å²) in [6.07, 6.45) is 4.31. The molecule has 138 valence electrons. The van der Waals surface area contributed by atoms with Gasteiger partial charge in [-0.1, -0.05) is 18.3 Å². The number of thiazole rings is 1. The van der Waals surface area contributed by atoms with Gasteiger partial charge in [-0.15, -0.1) is 0 Å². The van der Waals surface area contributed by atoms with Gasteiger partial charge < -0.3 is 15.0 Å². The molecular formula is C18H13FN3O3S2-.